The number of alkyl halides is 3. The molecule has 1 aromatic rings. The van der Waals surface area contributed by atoms with Crippen LogP contribution in [0.15, 0.2) is 23.1 Å². The van der Waals surface area contributed by atoms with E-state index in [0.29, 0.717) is 6.54 Å². The van der Waals surface area contributed by atoms with Gasteiger partial charge in [0.05, 0.1) is 10.5 Å². The van der Waals surface area contributed by atoms with Crippen LogP contribution < -0.4 is 0 Å². The Hall–Kier alpha value is -0.863. The van der Waals surface area contributed by atoms with Gasteiger partial charge in [0.1, 0.15) is 5.88 Å². The molecule has 3 nitrogen and oxygen atoms in total. The third kappa shape index (κ3) is 6.94. The normalized spacial score (nSPS) is 13.3. The van der Waals surface area contributed by atoms with Crippen molar-refractivity contribution < 1.29 is 21.6 Å². The largest absolute Gasteiger partial charge is 0.416 e. The second-order valence-electron chi connectivity index (χ2n) is 6.27. The highest BCUT2D eigenvalue weighted by Gasteiger charge is 2.32. The van der Waals surface area contributed by atoms with Gasteiger partial charge in [-0.1, -0.05) is 25.4 Å². The van der Waals surface area contributed by atoms with Crippen LogP contribution in [0.25, 0.3) is 0 Å². The second-order valence-corrected chi connectivity index (χ2v) is 10.4. The van der Waals surface area contributed by atoms with Crippen molar-refractivity contribution in [3.8, 4) is 0 Å². The van der Waals surface area contributed by atoms with Crippen LogP contribution in [0.2, 0.25) is 12.1 Å². The number of nitrogens with zero attached hydrogens (tertiary/aromatic N) is 1. The maximum atomic E-state index is 12.9. The fourth-order valence-electron chi connectivity index (χ4n) is 2.51. The molecule has 1 rings (SSSR count). The quantitative estimate of drug-likeness (QED) is 0.485. The molecule has 0 aliphatic heterocycles. The summed E-state index contributed by atoms with van der Waals surface area (Å²) in [6, 6.07) is 5.45. The van der Waals surface area contributed by atoms with Crippen molar-refractivity contribution in [3.63, 3.8) is 0 Å². The molecule has 138 valence electrons. The monoisotopic (exact) mass is 381 g/mol. The summed E-state index contributed by atoms with van der Waals surface area (Å²) >= 11 is 0. The smallest absolute Gasteiger partial charge is 0.293 e. The molecule has 0 atom stereocenters. The van der Waals surface area contributed by atoms with Crippen LogP contribution in [0, 0.1) is 6.92 Å². The van der Waals surface area contributed by atoms with Gasteiger partial charge >= 0.3 is 6.18 Å². The maximum absolute atomic E-state index is 12.9. The summed E-state index contributed by atoms with van der Waals surface area (Å²) in [5, 5.41) is 0. The van der Waals surface area contributed by atoms with E-state index in [2.05, 4.69) is 6.92 Å². The number of halogens is 3. The molecule has 0 saturated carbocycles. The zero-order chi connectivity index (χ0) is 18.4. The van der Waals surface area contributed by atoms with E-state index in [-0.39, 0.29) is 25.9 Å². The lowest BCUT2D eigenvalue weighted by Gasteiger charge is -2.17. The topological polar surface area (TPSA) is 37.4 Å². The Bertz CT molecular complexity index is 633. The molecule has 0 aliphatic rings. The molecule has 0 N–H and O–H groups in total. The highest BCUT2D eigenvalue weighted by Crippen LogP contribution is 2.31. The SMILES string of the molecule is CCC[SiH2]CCCN(C)CS(=O)(=O)c1cc(C)cc(C(F)(F)F)c1. The van der Waals surface area contributed by atoms with Gasteiger partial charge in [-0.3, -0.25) is 4.90 Å². The molecule has 0 aliphatic carbocycles. The van der Waals surface area contributed by atoms with E-state index in [4.69, 9.17) is 0 Å². The second kappa shape index (κ2) is 9.01. The lowest BCUT2D eigenvalue weighted by molar-refractivity contribution is -0.137. The molecule has 8 heteroatoms. The van der Waals surface area contributed by atoms with Gasteiger partial charge in [0, 0.05) is 9.52 Å². The first-order valence-corrected chi connectivity index (χ1v) is 11.8. The zero-order valence-corrected chi connectivity index (χ0v) is 16.7. The molecule has 0 saturated heterocycles. The Balaban J connectivity index is 2.76. The molecule has 0 unspecified atom stereocenters. The predicted molar refractivity (Wildman–Crippen MR) is 93.9 cm³/mol. The average molecular weight is 382 g/mol. The van der Waals surface area contributed by atoms with Crippen LogP contribution in [0.3, 0.4) is 0 Å². The Kier molecular flexibility index (Phi) is 7.95. The number of benzene rings is 1. The standard InChI is InChI=1S/C16H26F3NO2SSi/c1-4-7-24-8-5-6-20(3)12-23(21,22)15-10-13(2)9-14(11-15)16(17,18)19/h9-11H,4-8,12,24H2,1-3H3. The van der Waals surface area contributed by atoms with Crippen LogP contribution in [-0.4, -0.2) is 42.3 Å². The molecule has 0 aromatic heterocycles. The fourth-order valence-corrected chi connectivity index (χ4v) is 5.47. The van der Waals surface area contributed by atoms with E-state index in [1.807, 2.05) is 0 Å². The van der Waals surface area contributed by atoms with Crippen molar-refractivity contribution in [3.05, 3.63) is 29.3 Å². The Morgan fingerprint density at radius 1 is 1.17 bits per heavy atom. The molecule has 0 bridgehead atoms. The van der Waals surface area contributed by atoms with E-state index >= 15 is 0 Å². The van der Waals surface area contributed by atoms with Crippen LogP contribution in [-0.2, 0) is 16.0 Å². The van der Waals surface area contributed by atoms with Crippen molar-refractivity contribution in [2.24, 2.45) is 0 Å². The number of rotatable bonds is 9. The fraction of sp³-hybridized carbons (Fsp3) is 0.625. The Morgan fingerprint density at radius 3 is 2.42 bits per heavy atom. The van der Waals surface area contributed by atoms with Crippen LogP contribution in [0.1, 0.15) is 30.9 Å². The Morgan fingerprint density at radius 2 is 1.83 bits per heavy atom. The summed E-state index contributed by atoms with van der Waals surface area (Å²) in [4.78, 5) is 1.41. The molecule has 1 aromatic carbocycles. The molecule has 0 radical (unpaired) electrons. The van der Waals surface area contributed by atoms with Crippen molar-refractivity contribution in [2.75, 3.05) is 19.5 Å². The van der Waals surface area contributed by atoms with Gasteiger partial charge in [0.25, 0.3) is 0 Å². The average Bonchev–Trinajstić information content (AvgIpc) is 2.45. The lowest BCUT2D eigenvalue weighted by Crippen LogP contribution is -2.27. The van der Waals surface area contributed by atoms with Crippen molar-refractivity contribution in [1.29, 1.82) is 0 Å². The Labute approximate surface area is 145 Å². The minimum absolute atomic E-state index is 0.0519. The van der Waals surface area contributed by atoms with Gasteiger partial charge < -0.3 is 0 Å². The summed E-state index contributed by atoms with van der Waals surface area (Å²) in [5.41, 5.74) is -0.633. The van der Waals surface area contributed by atoms with Crippen LogP contribution >= 0.6 is 0 Å². The predicted octanol–water partition coefficient (Wildman–Crippen LogP) is 3.48. The van der Waals surface area contributed by atoms with Crippen molar-refractivity contribution in [2.45, 2.75) is 49.8 Å². The number of aryl methyl sites for hydroxylation is 1. The van der Waals surface area contributed by atoms with Crippen molar-refractivity contribution >= 4 is 19.4 Å². The van der Waals surface area contributed by atoms with Gasteiger partial charge in [-0.2, -0.15) is 13.2 Å². The summed E-state index contributed by atoms with van der Waals surface area (Å²) in [7, 11) is -2.13. The molecular weight excluding hydrogens is 355 g/mol. The lowest BCUT2D eigenvalue weighted by atomic mass is 10.1. The third-order valence-corrected chi connectivity index (χ3v) is 7.71. The van der Waals surface area contributed by atoms with E-state index in [9.17, 15) is 21.6 Å². The van der Waals surface area contributed by atoms with E-state index in [1.165, 1.54) is 31.5 Å². The van der Waals surface area contributed by atoms with Crippen molar-refractivity contribution in [1.82, 2.24) is 4.90 Å². The first-order chi connectivity index (χ1) is 11.1. The van der Waals surface area contributed by atoms with Crippen LogP contribution in [0.5, 0.6) is 0 Å². The van der Waals surface area contributed by atoms with Gasteiger partial charge in [-0.15, -0.1) is 0 Å². The van der Waals surface area contributed by atoms with Gasteiger partial charge in [0.15, 0.2) is 9.84 Å². The summed E-state index contributed by atoms with van der Waals surface area (Å²) in [5.74, 6) is -0.261. The minimum atomic E-state index is -4.55. The first kappa shape index (κ1) is 21.2. The molecule has 0 spiro atoms. The minimum Gasteiger partial charge on any atom is -0.293 e. The van der Waals surface area contributed by atoms with E-state index in [1.54, 1.807) is 11.9 Å². The molecular formula is C16H26F3NO2SSi. The van der Waals surface area contributed by atoms with Crippen LogP contribution in [0.4, 0.5) is 13.2 Å². The number of hydrogen-bond acceptors (Lipinski definition) is 3. The summed E-state index contributed by atoms with van der Waals surface area (Å²) in [6.07, 6.45) is -2.41. The highest BCUT2D eigenvalue weighted by atomic mass is 32.2. The molecule has 0 heterocycles. The maximum Gasteiger partial charge on any atom is 0.416 e. The first-order valence-electron chi connectivity index (χ1n) is 8.16. The van der Waals surface area contributed by atoms with Gasteiger partial charge in [-0.25, -0.2) is 8.42 Å². The van der Waals surface area contributed by atoms with Gasteiger partial charge in [-0.05, 0) is 50.7 Å². The summed E-state index contributed by atoms with van der Waals surface area (Å²) < 4.78 is 63.4. The molecule has 24 heavy (non-hydrogen) atoms. The van der Waals surface area contributed by atoms with E-state index in [0.717, 1.165) is 18.6 Å². The summed E-state index contributed by atoms with van der Waals surface area (Å²) in [6.45, 7) is 4.27. The molecule has 0 amide bonds. The third-order valence-electron chi connectivity index (χ3n) is 3.77. The van der Waals surface area contributed by atoms with Gasteiger partial charge in [0.2, 0.25) is 0 Å². The highest BCUT2D eigenvalue weighted by molar-refractivity contribution is 7.91. The van der Waals surface area contributed by atoms with E-state index < -0.39 is 21.6 Å². The molecule has 0 fully saturated rings. The number of hydrogen-bond donors (Lipinski definition) is 0. The zero-order valence-electron chi connectivity index (χ0n) is 14.5. The number of sulfone groups is 1.